The third-order valence-corrected chi connectivity index (χ3v) is 2.96. The van der Waals surface area contributed by atoms with Crippen molar-refractivity contribution in [2.45, 2.75) is 25.1 Å². The maximum absolute atomic E-state index is 12.1. The van der Waals surface area contributed by atoms with Gasteiger partial charge in [0.15, 0.2) is 11.5 Å². The molecule has 3 nitrogen and oxygen atoms in total. The van der Waals surface area contributed by atoms with Crippen molar-refractivity contribution < 1.29 is 22.6 Å². The predicted molar refractivity (Wildman–Crippen MR) is 59.8 cm³/mol. The molecule has 7 heteroatoms. The lowest BCUT2D eigenvalue weighted by Gasteiger charge is -2.15. The SMILES string of the molecule is N[C@@H](CCC(F)(F)F)c1cc2c(cc1Cl)OCO2. The van der Waals surface area contributed by atoms with E-state index < -0.39 is 18.6 Å². The zero-order valence-corrected chi connectivity index (χ0v) is 10.0. The number of hydrogen-bond donors (Lipinski definition) is 1. The van der Waals surface area contributed by atoms with Crippen molar-refractivity contribution in [3.63, 3.8) is 0 Å². The van der Waals surface area contributed by atoms with Crippen LogP contribution in [0, 0.1) is 0 Å². The number of alkyl halides is 3. The molecule has 0 aromatic heterocycles. The Morgan fingerprint density at radius 2 is 1.89 bits per heavy atom. The highest BCUT2D eigenvalue weighted by Crippen LogP contribution is 2.39. The first-order valence-corrected chi connectivity index (χ1v) is 5.66. The average Bonchev–Trinajstić information content (AvgIpc) is 2.70. The fourth-order valence-corrected chi connectivity index (χ4v) is 1.99. The van der Waals surface area contributed by atoms with Crippen LogP contribution in [0.2, 0.25) is 5.02 Å². The van der Waals surface area contributed by atoms with E-state index in [-0.39, 0.29) is 18.2 Å². The first kappa shape index (κ1) is 13.3. The molecule has 0 spiro atoms. The fraction of sp³-hybridized carbons (Fsp3) is 0.455. The van der Waals surface area contributed by atoms with Crippen LogP contribution in [-0.4, -0.2) is 13.0 Å². The average molecular weight is 282 g/mol. The molecule has 0 radical (unpaired) electrons. The second kappa shape index (κ2) is 4.85. The van der Waals surface area contributed by atoms with Crippen LogP contribution in [0.3, 0.4) is 0 Å². The van der Waals surface area contributed by atoms with Gasteiger partial charge in [0.1, 0.15) is 0 Å². The van der Waals surface area contributed by atoms with Gasteiger partial charge in [-0.15, -0.1) is 0 Å². The van der Waals surface area contributed by atoms with Gasteiger partial charge in [0.25, 0.3) is 0 Å². The number of nitrogens with two attached hydrogens (primary N) is 1. The van der Waals surface area contributed by atoms with E-state index in [1.54, 1.807) is 0 Å². The Morgan fingerprint density at radius 3 is 2.50 bits per heavy atom. The van der Waals surface area contributed by atoms with Crippen LogP contribution >= 0.6 is 11.6 Å². The van der Waals surface area contributed by atoms with Crippen LogP contribution in [0.5, 0.6) is 11.5 Å². The maximum Gasteiger partial charge on any atom is 0.389 e. The Kier molecular flexibility index (Phi) is 3.59. The summed E-state index contributed by atoms with van der Waals surface area (Å²) in [4.78, 5) is 0. The Hall–Kier alpha value is -1.14. The van der Waals surface area contributed by atoms with E-state index in [2.05, 4.69) is 0 Å². The molecule has 1 aromatic rings. The van der Waals surface area contributed by atoms with E-state index >= 15 is 0 Å². The van der Waals surface area contributed by atoms with Crippen molar-refractivity contribution in [1.82, 2.24) is 0 Å². The van der Waals surface area contributed by atoms with Crippen LogP contribution in [0.4, 0.5) is 13.2 Å². The lowest BCUT2D eigenvalue weighted by molar-refractivity contribution is -0.136. The van der Waals surface area contributed by atoms with Crippen molar-refractivity contribution in [3.05, 3.63) is 22.7 Å². The molecule has 0 bridgehead atoms. The molecule has 1 aliphatic heterocycles. The fourth-order valence-electron chi connectivity index (χ4n) is 1.69. The highest BCUT2D eigenvalue weighted by atomic mass is 35.5. The summed E-state index contributed by atoms with van der Waals surface area (Å²) in [6.07, 6.45) is -5.39. The number of halogens is 4. The van der Waals surface area contributed by atoms with Crippen molar-refractivity contribution >= 4 is 11.6 Å². The number of ether oxygens (including phenoxy) is 2. The quantitative estimate of drug-likeness (QED) is 0.923. The number of rotatable bonds is 3. The predicted octanol–water partition coefficient (Wildman–Crippen LogP) is 3.41. The Labute approximate surface area is 107 Å². The summed E-state index contributed by atoms with van der Waals surface area (Å²) in [7, 11) is 0. The van der Waals surface area contributed by atoms with Gasteiger partial charge in [-0.25, -0.2) is 0 Å². The van der Waals surface area contributed by atoms with E-state index in [1.165, 1.54) is 12.1 Å². The van der Waals surface area contributed by atoms with E-state index in [0.29, 0.717) is 17.1 Å². The highest BCUT2D eigenvalue weighted by Gasteiger charge is 2.29. The molecule has 0 unspecified atom stereocenters. The molecule has 0 fully saturated rings. The van der Waals surface area contributed by atoms with Crippen LogP contribution in [0.25, 0.3) is 0 Å². The summed E-state index contributed by atoms with van der Waals surface area (Å²) in [5.41, 5.74) is 6.15. The van der Waals surface area contributed by atoms with Gasteiger partial charge in [0.05, 0.1) is 0 Å². The van der Waals surface area contributed by atoms with E-state index in [9.17, 15) is 13.2 Å². The van der Waals surface area contributed by atoms with Gasteiger partial charge in [-0.1, -0.05) is 11.6 Å². The highest BCUT2D eigenvalue weighted by molar-refractivity contribution is 6.31. The minimum Gasteiger partial charge on any atom is -0.454 e. The molecule has 0 saturated carbocycles. The topological polar surface area (TPSA) is 44.5 Å². The largest absolute Gasteiger partial charge is 0.454 e. The summed E-state index contributed by atoms with van der Waals surface area (Å²) in [6.45, 7) is 0.0763. The maximum atomic E-state index is 12.1. The lowest BCUT2D eigenvalue weighted by Crippen LogP contribution is -2.16. The van der Waals surface area contributed by atoms with Crippen LogP contribution < -0.4 is 15.2 Å². The summed E-state index contributed by atoms with van der Waals surface area (Å²) >= 11 is 5.96. The van der Waals surface area contributed by atoms with E-state index in [1.807, 2.05) is 0 Å². The summed E-state index contributed by atoms with van der Waals surface area (Å²) < 4.78 is 46.6. The second-order valence-electron chi connectivity index (χ2n) is 3.99. The van der Waals surface area contributed by atoms with Gasteiger partial charge in [-0.05, 0) is 18.1 Å². The van der Waals surface area contributed by atoms with Crippen molar-refractivity contribution in [1.29, 1.82) is 0 Å². The lowest BCUT2D eigenvalue weighted by atomic mass is 10.0. The first-order chi connectivity index (χ1) is 8.37. The van der Waals surface area contributed by atoms with E-state index in [0.717, 1.165) is 0 Å². The van der Waals surface area contributed by atoms with Crippen LogP contribution in [0.1, 0.15) is 24.4 Å². The van der Waals surface area contributed by atoms with Gasteiger partial charge in [-0.2, -0.15) is 13.2 Å². The normalized spacial score (nSPS) is 15.8. The molecule has 0 saturated heterocycles. The Balaban J connectivity index is 2.13. The van der Waals surface area contributed by atoms with Gasteiger partial charge in [0.2, 0.25) is 6.79 Å². The molecular formula is C11H11ClF3NO2. The minimum absolute atomic E-state index is 0.0763. The first-order valence-electron chi connectivity index (χ1n) is 5.28. The molecule has 1 atom stereocenters. The van der Waals surface area contributed by atoms with Gasteiger partial charge < -0.3 is 15.2 Å². The number of fused-ring (bicyclic) bond motifs is 1. The molecule has 2 N–H and O–H groups in total. The van der Waals surface area contributed by atoms with Crippen LogP contribution in [-0.2, 0) is 0 Å². The standard InChI is InChI=1S/C11H11ClF3NO2/c12-7-4-10-9(17-5-18-10)3-6(7)8(16)1-2-11(13,14)15/h3-4,8H,1-2,5,16H2/t8-/m0/s1. The molecule has 0 aliphatic carbocycles. The Morgan fingerprint density at radius 1 is 1.28 bits per heavy atom. The Bertz CT molecular complexity index is 451. The smallest absolute Gasteiger partial charge is 0.389 e. The molecule has 1 heterocycles. The third kappa shape index (κ3) is 3.00. The number of benzene rings is 1. The summed E-state index contributed by atoms with van der Waals surface area (Å²) in [6, 6.07) is 2.26. The zero-order chi connectivity index (χ0) is 13.3. The monoisotopic (exact) mass is 281 g/mol. The summed E-state index contributed by atoms with van der Waals surface area (Å²) in [5, 5.41) is 0.286. The van der Waals surface area contributed by atoms with Crippen molar-refractivity contribution in [3.8, 4) is 11.5 Å². The van der Waals surface area contributed by atoms with Gasteiger partial charge in [-0.3, -0.25) is 0 Å². The molecule has 100 valence electrons. The minimum atomic E-state index is -4.22. The zero-order valence-electron chi connectivity index (χ0n) is 9.26. The second-order valence-corrected chi connectivity index (χ2v) is 4.39. The van der Waals surface area contributed by atoms with Crippen molar-refractivity contribution in [2.75, 3.05) is 6.79 Å². The molecule has 2 rings (SSSR count). The molecule has 1 aromatic carbocycles. The molecular weight excluding hydrogens is 271 g/mol. The molecule has 18 heavy (non-hydrogen) atoms. The number of hydrogen-bond acceptors (Lipinski definition) is 3. The van der Waals surface area contributed by atoms with Gasteiger partial charge >= 0.3 is 6.18 Å². The molecule has 1 aliphatic rings. The molecule has 0 amide bonds. The third-order valence-electron chi connectivity index (χ3n) is 2.63. The van der Waals surface area contributed by atoms with Crippen LogP contribution in [0.15, 0.2) is 12.1 Å². The van der Waals surface area contributed by atoms with Crippen molar-refractivity contribution in [2.24, 2.45) is 5.73 Å². The van der Waals surface area contributed by atoms with E-state index in [4.69, 9.17) is 26.8 Å². The summed E-state index contributed by atoms with van der Waals surface area (Å²) in [5.74, 6) is 0.934. The van der Waals surface area contributed by atoms with Gasteiger partial charge in [0, 0.05) is 23.6 Å².